The molecule has 28 heavy (non-hydrogen) atoms. The number of hydrogen-bond acceptors (Lipinski definition) is 3. The van der Waals surface area contributed by atoms with E-state index in [9.17, 15) is 9.18 Å². The first-order valence-corrected chi connectivity index (χ1v) is 8.87. The number of hydrogen-bond donors (Lipinski definition) is 2. The molecule has 0 aliphatic rings. The van der Waals surface area contributed by atoms with Crippen LogP contribution in [0.1, 0.15) is 27.2 Å². The normalized spacial score (nSPS) is 11.2. The molecule has 2 N–H and O–H groups in total. The van der Waals surface area contributed by atoms with Crippen LogP contribution in [0.5, 0.6) is 0 Å². The highest BCUT2D eigenvalue weighted by Gasteiger charge is 2.10. The van der Waals surface area contributed by atoms with E-state index in [0.29, 0.717) is 18.1 Å². The Kier molecular flexibility index (Phi) is 6.11. The number of benzene rings is 2. The lowest BCUT2D eigenvalue weighted by atomic mass is 10.1. The summed E-state index contributed by atoms with van der Waals surface area (Å²) >= 11 is 0. The molecule has 0 radical (unpaired) electrons. The monoisotopic (exact) mass is 376 g/mol. The summed E-state index contributed by atoms with van der Waals surface area (Å²) in [5.41, 5.74) is 4.22. The summed E-state index contributed by atoms with van der Waals surface area (Å²) < 4.78 is 13.1. The molecule has 0 aliphatic heterocycles. The summed E-state index contributed by atoms with van der Waals surface area (Å²) in [7, 11) is 0. The van der Waals surface area contributed by atoms with Crippen LogP contribution in [0.15, 0.2) is 71.9 Å². The van der Waals surface area contributed by atoms with E-state index in [1.807, 2.05) is 50.2 Å². The smallest absolute Gasteiger partial charge is 0.257 e. The van der Waals surface area contributed by atoms with Crippen LogP contribution in [-0.4, -0.2) is 16.9 Å². The molecule has 0 unspecified atom stereocenters. The van der Waals surface area contributed by atoms with Gasteiger partial charge in [-0.05, 0) is 73.5 Å². The second-order valence-corrected chi connectivity index (χ2v) is 6.37. The second kappa shape index (κ2) is 8.90. The van der Waals surface area contributed by atoms with Crippen molar-refractivity contribution < 1.29 is 9.18 Å². The van der Waals surface area contributed by atoms with Gasteiger partial charge in [-0.3, -0.25) is 15.1 Å². The molecule has 2 aromatic carbocycles. The summed E-state index contributed by atoms with van der Waals surface area (Å²) in [6.45, 7) is 4.35. The summed E-state index contributed by atoms with van der Waals surface area (Å²) in [5.74, 6) is -0.479. The van der Waals surface area contributed by atoms with Gasteiger partial charge in [-0.25, -0.2) is 9.38 Å². The van der Waals surface area contributed by atoms with Crippen LogP contribution in [-0.2, 0) is 6.54 Å². The van der Waals surface area contributed by atoms with E-state index in [1.165, 1.54) is 29.8 Å². The predicted molar refractivity (Wildman–Crippen MR) is 109 cm³/mol. The summed E-state index contributed by atoms with van der Waals surface area (Å²) in [5, 5.41) is 5.90. The van der Waals surface area contributed by atoms with E-state index in [2.05, 4.69) is 20.6 Å². The molecule has 0 aliphatic carbocycles. The fourth-order valence-corrected chi connectivity index (χ4v) is 2.50. The number of aryl methyl sites for hydroxylation is 2. The molecule has 1 amide bonds. The largest absolute Gasteiger partial charge is 0.326 e. The molecule has 0 spiro atoms. The lowest BCUT2D eigenvalue weighted by molar-refractivity contribution is 0.0977. The summed E-state index contributed by atoms with van der Waals surface area (Å²) in [6, 6.07) is 16.8. The van der Waals surface area contributed by atoms with Crippen LogP contribution in [0.3, 0.4) is 0 Å². The van der Waals surface area contributed by atoms with Gasteiger partial charge in [-0.2, -0.15) is 0 Å². The molecule has 3 aromatic rings. The molecule has 0 atom stereocenters. The highest BCUT2D eigenvalue weighted by molar-refractivity contribution is 6.09. The lowest BCUT2D eigenvalue weighted by Gasteiger charge is -2.13. The third-order valence-corrected chi connectivity index (χ3v) is 4.23. The molecule has 0 fully saturated rings. The first kappa shape index (κ1) is 19.2. The minimum absolute atomic E-state index is 0.295. The van der Waals surface area contributed by atoms with Crippen molar-refractivity contribution in [1.29, 1.82) is 0 Å². The minimum atomic E-state index is -0.395. The van der Waals surface area contributed by atoms with Crippen LogP contribution in [0.2, 0.25) is 0 Å². The van der Waals surface area contributed by atoms with Crippen LogP contribution in [0.4, 0.5) is 10.1 Å². The Morgan fingerprint density at radius 2 is 1.82 bits per heavy atom. The SMILES string of the molecule is Cc1ccc(NC(=NCc2ccccn2)NC(=O)c2ccc(F)cc2)cc1C. The number of pyridine rings is 1. The number of nitrogens with zero attached hydrogens (tertiary/aromatic N) is 2. The fourth-order valence-electron chi connectivity index (χ4n) is 2.50. The molecule has 1 heterocycles. The Bertz CT molecular complexity index is 985. The molecular formula is C22H21FN4O. The summed E-state index contributed by atoms with van der Waals surface area (Å²) in [4.78, 5) is 21.2. The van der Waals surface area contributed by atoms with Crippen LogP contribution < -0.4 is 10.6 Å². The highest BCUT2D eigenvalue weighted by Crippen LogP contribution is 2.14. The van der Waals surface area contributed by atoms with E-state index in [1.54, 1.807) is 6.20 Å². The topological polar surface area (TPSA) is 66.4 Å². The number of aromatic nitrogens is 1. The number of carbonyl (C=O) groups excluding carboxylic acids is 1. The Balaban J connectivity index is 1.81. The number of halogens is 1. The first-order chi connectivity index (χ1) is 13.5. The number of anilines is 1. The number of rotatable bonds is 4. The molecule has 6 heteroatoms. The molecule has 5 nitrogen and oxygen atoms in total. The van der Waals surface area contributed by atoms with Gasteiger partial charge in [0.15, 0.2) is 0 Å². The van der Waals surface area contributed by atoms with E-state index in [-0.39, 0.29) is 5.91 Å². The Labute approximate surface area is 163 Å². The van der Waals surface area contributed by atoms with Crippen molar-refractivity contribution in [1.82, 2.24) is 10.3 Å². The maximum atomic E-state index is 13.1. The molecule has 0 saturated carbocycles. The molecule has 1 aromatic heterocycles. The van der Waals surface area contributed by atoms with Crippen molar-refractivity contribution in [2.75, 3.05) is 5.32 Å². The van der Waals surface area contributed by atoms with Gasteiger partial charge in [0, 0.05) is 17.4 Å². The van der Waals surface area contributed by atoms with E-state index in [0.717, 1.165) is 16.9 Å². The molecule has 142 valence electrons. The van der Waals surface area contributed by atoms with Gasteiger partial charge in [0.05, 0.1) is 12.2 Å². The van der Waals surface area contributed by atoms with E-state index >= 15 is 0 Å². The highest BCUT2D eigenvalue weighted by atomic mass is 19.1. The van der Waals surface area contributed by atoms with Crippen LogP contribution in [0, 0.1) is 19.7 Å². The zero-order valence-corrected chi connectivity index (χ0v) is 15.7. The minimum Gasteiger partial charge on any atom is -0.326 e. The predicted octanol–water partition coefficient (Wildman–Crippen LogP) is 4.24. The first-order valence-electron chi connectivity index (χ1n) is 8.87. The standard InChI is InChI=1S/C22H21FN4O/c1-15-6-11-19(13-16(15)2)26-22(25-14-20-5-3-4-12-24-20)27-21(28)17-7-9-18(23)10-8-17/h3-13H,14H2,1-2H3,(H2,25,26,27,28). The van der Waals surface area contributed by atoms with Gasteiger partial charge in [-0.1, -0.05) is 12.1 Å². The van der Waals surface area contributed by atoms with Crippen molar-refractivity contribution in [3.63, 3.8) is 0 Å². The maximum absolute atomic E-state index is 13.1. The molecular weight excluding hydrogens is 355 g/mol. The van der Waals surface area contributed by atoms with Gasteiger partial charge >= 0.3 is 0 Å². The van der Waals surface area contributed by atoms with Gasteiger partial charge in [-0.15, -0.1) is 0 Å². The zero-order valence-electron chi connectivity index (χ0n) is 15.7. The molecule has 3 rings (SSSR count). The van der Waals surface area contributed by atoms with E-state index in [4.69, 9.17) is 0 Å². The number of amides is 1. The maximum Gasteiger partial charge on any atom is 0.257 e. The van der Waals surface area contributed by atoms with Gasteiger partial charge in [0.25, 0.3) is 5.91 Å². The van der Waals surface area contributed by atoms with Gasteiger partial charge < -0.3 is 5.32 Å². The number of aliphatic imine (C=N–C) groups is 1. The second-order valence-electron chi connectivity index (χ2n) is 6.37. The van der Waals surface area contributed by atoms with Crippen LogP contribution >= 0.6 is 0 Å². The van der Waals surface area contributed by atoms with Crippen molar-refractivity contribution in [3.05, 3.63) is 95.1 Å². The number of guanidine groups is 1. The lowest BCUT2D eigenvalue weighted by Crippen LogP contribution is -2.36. The third kappa shape index (κ3) is 5.23. The fraction of sp³-hybridized carbons (Fsp3) is 0.136. The third-order valence-electron chi connectivity index (χ3n) is 4.23. The molecule has 0 bridgehead atoms. The van der Waals surface area contributed by atoms with Crippen molar-refractivity contribution in [3.8, 4) is 0 Å². The number of nitrogens with one attached hydrogen (secondary N) is 2. The zero-order chi connectivity index (χ0) is 19.9. The van der Waals surface area contributed by atoms with Crippen molar-refractivity contribution in [2.45, 2.75) is 20.4 Å². The van der Waals surface area contributed by atoms with Gasteiger partial charge in [0.1, 0.15) is 5.82 Å². The van der Waals surface area contributed by atoms with E-state index < -0.39 is 5.82 Å². The van der Waals surface area contributed by atoms with Crippen LogP contribution in [0.25, 0.3) is 0 Å². The Morgan fingerprint density at radius 1 is 1.04 bits per heavy atom. The summed E-state index contributed by atoms with van der Waals surface area (Å²) in [6.07, 6.45) is 1.69. The Hall–Kier alpha value is -3.54. The average Bonchev–Trinajstić information content (AvgIpc) is 2.70. The average molecular weight is 376 g/mol. The number of carbonyl (C=O) groups is 1. The van der Waals surface area contributed by atoms with Gasteiger partial charge in [0.2, 0.25) is 5.96 Å². The van der Waals surface area contributed by atoms with Crippen molar-refractivity contribution >= 4 is 17.6 Å². The molecule has 0 saturated heterocycles. The van der Waals surface area contributed by atoms with Crippen molar-refractivity contribution in [2.24, 2.45) is 4.99 Å². The Morgan fingerprint density at radius 3 is 2.50 bits per heavy atom. The quantitative estimate of drug-likeness (QED) is 0.529.